The molecule has 0 bridgehead atoms. The van der Waals surface area contributed by atoms with Gasteiger partial charge in [0.2, 0.25) is 0 Å². The third-order valence-electron chi connectivity index (χ3n) is 2.44. The molecule has 1 fully saturated rings. The lowest BCUT2D eigenvalue weighted by molar-refractivity contribution is -0.110. The molecule has 7 heteroatoms. The molecule has 96 valence electrons. The fraction of sp³-hybridized carbons (Fsp3) is 1.00. The molecule has 0 aromatic carbocycles. The number of hydrogen-bond acceptors (Lipinski definition) is 4. The Balaban J connectivity index is 2.73. The Hall–Kier alpha value is 0.0300. The van der Waals surface area contributed by atoms with E-state index in [0.29, 0.717) is 26.2 Å². The van der Waals surface area contributed by atoms with Crippen molar-refractivity contribution in [3.8, 4) is 0 Å². The molecule has 1 aliphatic heterocycles. The van der Waals surface area contributed by atoms with Crippen LogP contribution in [-0.2, 0) is 9.09 Å². The molecule has 1 atom stereocenters. The summed E-state index contributed by atoms with van der Waals surface area (Å²) in [7, 11) is 0.596. The summed E-state index contributed by atoms with van der Waals surface area (Å²) >= 11 is 0. The fourth-order valence-corrected chi connectivity index (χ4v) is 3.69. The molecule has 0 spiro atoms. The van der Waals surface area contributed by atoms with Crippen LogP contribution in [0.1, 0.15) is 13.8 Å². The smallest absolute Gasteiger partial charge is 0.314 e. The third kappa shape index (κ3) is 3.26. The maximum atomic E-state index is 12.7. The molecule has 1 rings (SSSR count). The Labute approximate surface area is 97.3 Å². The van der Waals surface area contributed by atoms with Crippen LogP contribution in [0.4, 0.5) is 0 Å². The number of hydrogen-bond donors (Lipinski definition) is 1. The topological polar surface area (TPSA) is 56.2 Å². The zero-order chi connectivity index (χ0) is 12.3. The van der Waals surface area contributed by atoms with Gasteiger partial charge in [0.1, 0.15) is 0 Å². The van der Waals surface area contributed by atoms with Crippen LogP contribution in [0.15, 0.2) is 0 Å². The van der Waals surface area contributed by atoms with Crippen LogP contribution in [0.5, 0.6) is 0 Å². The molecular formula is C9H22N3O3P. The van der Waals surface area contributed by atoms with Crippen LogP contribution in [0, 0.1) is 0 Å². The average molecular weight is 251 g/mol. The average Bonchev–Trinajstić information content (AvgIpc) is 2.17. The maximum absolute atomic E-state index is 12.7. The van der Waals surface area contributed by atoms with E-state index in [4.69, 9.17) is 4.52 Å². The minimum absolute atomic E-state index is 0.0830. The van der Waals surface area contributed by atoms with Crippen molar-refractivity contribution in [1.82, 2.24) is 14.4 Å². The largest absolute Gasteiger partial charge is 0.345 e. The molecule has 1 saturated heterocycles. The fourth-order valence-electron chi connectivity index (χ4n) is 1.63. The van der Waals surface area contributed by atoms with Crippen LogP contribution in [0.3, 0.4) is 0 Å². The van der Waals surface area contributed by atoms with Crippen molar-refractivity contribution >= 4 is 7.67 Å². The monoisotopic (exact) mass is 251 g/mol. The van der Waals surface area contributed by atoms with E-state index in [1.54, 1.807) is 18.8 Å². The summed E-state index contributed by atoms with van der Waals surface area (Å²) < 4.78 is 21.8. The predicted octanol–water partition coefficient (Wildman–Crippen LogP) is 1.09. The molecule has 1 aliphatic rings. The molecule has 0 saturated carbocycles. The van der Waals surface area contributed by atoms with Gasteiger partial charge in [0.25, 0.3) is 0 Å². The van der Waals surface area contributed by atoms with E-state index >= 15 is 0 Å². The van der Waals surface area contributed by atoms with Crippen molar-refractivity contribution in [3.05, 3.63) is 0 Å². The van der Waals surface area contributed by atoms with Gasteiger partial charge >= 0.3 is 7.67 Å². The number of nitrogens with zero attached hydrogens (tertiary/aromatic N) is 3. The van der Waals surface area contributed by atoms with Crippen molar-refractivity contribution in [1.29, 1.82) is 0 Å². The van der Waals surface area contributed by atoms with E-state index < -0.39 is 7.67 Å². The molecule has 16 heavy (non-hydrogen) atoms. The number of hydroxylamine groups is 2. The highest BCUT2D eigenvalue weighted by molar-refractivity contribution is 7.53. The first kappa shape index (κ1) is 14.1. The van der Waals surface area contributed by atoms with Gasteiger partial charge in [-0.05, 0) is 27.9 Å². The quantitative estimate of drug-likeness (QED) is 0.755. The highest BCUT2D eigenvalue weighted by atomic mass is 31.2. The lowest BCUT2D eigenvalue weighted by atomic mass is 10.4. The molecule has 0 aromatic heterocycles. The van der Waals surface area contributed by atoms with Crippen LogP contribution in [0.25, 0.3) is 0 Å². The van der Waals surface area contributed by atoms with Gasteiger partial charge < -0.3 is 9.73 Å². The summed E-state index contributed by atoms with van der Waals surface area (Å²) in [6.07, 6.45) is -0.0830. The molecule has 1 unspecified atom stereocenters. The summed E-state index contributed by atoms with van der Waals surface area (Å²) in [5.41, 5.74) is 0. The predicted molar refractivity (Wildman–Crippen MR) is 62.4 cm³/mol. The van der Waals surface area contributed by atoms with Gasteiger partial charge in [0, 0.05) is 26.2 Å². The molecule has 0 aliphatic carbocycles. The van der Waals surface area contributed by atoms with E-state index in [2.05, 4.69) is 0 Å². The van der Waals surface area contributed by atoms with Gasteiger partial charge in [-0.1, -0.05) is 0 Å². The Kier molecular flexibility index (Phi) is 4.91. The van der Waals surface area contributed by atoms with Gasteiger partial charge in [-0.2, -0.15) is 5.06 Å². The van der Waals surface area contributed by atoms with Crippen molar-refractivity contribution in [3.63, 3.8) is 0 Å². The van der Waals surface area contributed by atoms with E-state index in [1.807, 2.05) is 18.5 Å². The molecule has 1 N–H and O–H groups in total. The second-order valence-corrected chi connectivity index (χ2v) is 6.96. The lowest BCUT2D eigenvalue weighted by Crippen LogP contribution is -2.45. The van der Waals surface area contributed by atoms with Gasteiger partial charge in [-0.25, -0.2) is 9.34 Å². The minimum atomic E-state index is -2.92. The highest BCUT2D eigenvalue weighted by Gasteiger charge is 2.37. The van der Waals surface area contributed by atoms with Crippen LogP contribution < -0.4 is 0 Å². The maximum Gasteiger partial charge on any atom is 0.345 e. The standard InChI is InChI=1S/C9H22N3O3P/c1-9(2)15-16(14,10(3)4)12-7-5-11(13)6-8-12/h9,13H,5-8H2,1-4H3. The molecule has 6 nitrogen and oxygen atoms in total. The Morgan fingerprint density at radius 3 is 2.12 bits per heavy atom. The lowest BCUT2D eigenvalue weighted by Gasteiger charge is -2.39. The zero-order valence-corrected chi connectivity index (χ0v) is 11.4. The summed E-state index contributed by atoms with van der Waals surface area (Å²) in [5.74, 6) is 0. The Morgan fingerprint density at radius 1 is 1.25 bits per heavy atom. The summed E-state index contributed by atoms with van der Waals surface area (Å²) in [5, 5.41) is 10.5. The van der Waals surface area contributed by atoms with Gasteiger partial charge in [0.05, 0.1) is 6.10 Å². The number of rotatable bonds is 4. The van der Waals surface area contributed by atoms with E-state index in [9.17, 15) is 9.77 Å². The summed E-state index contributed by atoms with van der Waals surface area (Å²) in [6, 6.07) is 0. The first-order valence-corrected chi connectivity index (χ1v) is 7.05. The van der Waals surface area contributed by atoms with Crippen molar-refractivity contribution in [2.45, 2.75) is 20.0 Å². The highest BCUT2D eigenvalue weighted by Crippen LogP contribution is 2.53. The Bertz CT molecular complexity index is 265. The van der Waals surface area contributed by atoms with E-state index in [1.165, 1.54) is 5.06 Å². The first-order chi connectivity index (χ1) is 7.36. The van der Waals surface area contributed by atoms with Gasteiger partial charge in [-0.15, -0.1) is 0 Å². The third-order valence-corrected chi connectivity index (χ3v) is 5.27. The minimum Gasteiger partial charge on any atom is -0.314 e. The second kappa shape index (κ2) is 5.58. The van der Waals surface area contributed by atoms with E-state index in [-0.39, 0.29) is 6.10 Å². The molecule has 0 aromatic rings. The SMILES string of the molecule is CC(C)OP(=O)(N(C)C)N1CCN(O)CC1. The second-order valence-electron chi connectivity index (χ2n) is 4.40. The molecule has 0 amide bonds. The van der Waals surface area contributed by atoms with Crippen LogP contribution in [-0.4, -0.2) is 66.0 Å². The van der Waals surface area contributed by atoms with Gasteiger partial charge in [-0.3, -0.25) is 4.57 Å². The Morgan fingerprint density at radius 2 is 1.75 bits per heavy atom. The molecule has 0 radical (unpaired) electrons. The van der Waals surface area contributed by atoms with Crippen molar-refractivity contribution in [2.75, 3.05) is 40.3 Å². The number of piperazine rings is 1. The summed E-state index contributed by atoms with van der Waals surface area (Å²) in [4.78, 5) is 0. The van der Waals surface area contributed by atoms with Crippen molar-refractivity contribution < 1.29 is 14.3 Å². The first-order valence-electron chi connectivity index (χ1n) is 5.51. The van der Waals surface area contributed by atoms with Crippen LogP contribution in [0.2, 0.25) is 0 Å². The summed E-state index contributed by atoms with van der Waals surface area (Å²) in [6.45, 7) is 5.85. The van der Waals surface area contributed by atoms with E-state index in [0.717, 1.165) is 0 Å². The molecular weight excluding hydrogens is 229 g/mol. The van der Waals surface area contributed by atoms with Crippen LogP contribution >= 0.6 is 7.67 Å². The normalized spacial score (nSPS) is 23.9. The van der Waals surface area contributed by atoms with Gasteiger partial charge in [0.15, 0.2) is 0 Å². The zero-order valence-electron chi connectivity index (χ0n) is 10.5. The van der Waals surface area contributed by atoms with Crippen molar-refractivity contribution in [2.24, 2.45) is 0 Å². The molecule has 1 heterocycles.